The molecule has 20 heavy (non-hydrogen) atoms. The van der Waals surface area contributed by atoms with Gasteiger partial charge in [0, 0.05) is 10.8 Å². The summed E-state index contributed by atoms with van der Waals surface area (Å²) in [5.41, 5.74) is 1.42. The van der Waals surface area contributed by atoms with E-state index in [1.807, 2.05) is 0 Å². The lowest BCUT2D eigenvalue weighted by molar-refractivity contribution is 0.505. The summed E-state index contributed by atoms with van der Waals surface area (Å²) in [5, 5.41) is 4.30. The van der Waals surface area contributed by atoms with Crippen LogP contribution in [0.4, 0.5) is 4.39 Å². The zero-order valence-electron chi connectivity index (χ0n) is 10.9. The first-order chi connectivity index (χ1) is 9.75. The molecule has 0 aliphatic heterocycles. The van der Waals surface area contributed by atoms with E-state index in [0.717, 1.165) is 35.5 Å². The van der Waals surface area contributed by atoms with E-state index in [4.69, 9.17) is 0 Å². The molecule has 0 bridgehead atoms. The lowest BCUT2D eigenvalue weighted by Crippen LogP contribution is -2.18. The normalized spacial score (nSPS) is 18.1. The van der Waals surface area contributed by atoms with Crippen LogP contribution in [0, 0.1) is 5.82 Å². The Morgan fingerprint density at radius 1 is 1.15 bits per heavy atom. The fraction of sp³-hybridized carbons (Fsp3) is 0.429. The van der Waals surface area contributed by atoms with Crippen LogP contribution in [-0.4, -0.2) is 19.0 Å². The van der Waals surface area contributed by atoms with Gasteiger partial charge in [0.1, 0.15) is 15.7 Å². The summed E-state index contributed by atoms with van der Waals surface area (Å²) in [5.74, 6) is -0.285. The van der Waals surface area contributed by atoms with Gasteiger partial charge >= 0.3 is 0 Å². The summed E-state index contributed by atoms with van der Waals surface area (Å²) in [7, 11) is -1.06. The Labute approximate surface area is 123 Å². The first-order valence-corrected chi connectivity index (χ1v) is 8.73. The van der Waals surface area contributed by atoms with Crippen molar-refractivity contribution in [1.82, 2.24) is 9.59 Å². The Morgan fingerprint density at radius 2 is 1.85 bits per heavy atom. The van der Waals surface area contributed by atoms with Gasteiger partial charge in [-0.2, -0.15) is 0 Å². The van der Waals surface area contributed by atoms with E-state index >= 15 is 0 Å². The summed E-state index contributed by atoms with van der Waals surface area (Å²) >= 11 is 1.20. The minimum Gasteiger partial charge on any atom is -0.253 e. The van der Waals surface area contributed by atoms with Crippen molar-refractivity contribution in [3.05, 3.63) is 30.1 Å². The molecule has 3 nitrogen and oxygen atoms in total. The molecular weight excluding hydrogens is 295 g/mol. The van der Waals surface area contributed by atoms with Gasteiger partial charge in [0.15, 0.2) is 0 Å². The van der Waals surface area contributed by atoms with Crippen LogP contribution in [0.5, 0.6) is 0 Å². The Kier molecular flexibility index (Phi) is 4.21. The first kappa shape index (κ1) is 13.8. The van der Waals surface area contributed by atoms with Crippen LogP contribution in [0.1, 0.15) is 32.1 Å². The lowest BCUT2D eigenvalue weighted by Gasteiger charge is -2.20. The van der Waals surface area contributed by atoms with E-state index in [9.17, 15) is 8.60 Å². The highest BCUT2D eigenvalue weighted by Gasteiger charge is 2.25. The van der Waals surface area contributed by atoms with E-state index in [0.29, 0.717) is 5.69 Å². The topological polar surface area (TPSA) is 42.9 Å². The van der Waals surface area contributed by atoms with Gasteiger partial charge in [0.05, 0.1) is 10.8 Å². The molecule has 0 unspecified atom stereocenters. The molecule has 1 aromatic carbocycles. The number of aromatic nitrogens is 2. The molecule has 1 fully saturated rings. The van der Waals surface area contributed by atoms with Crippen molar-refractivity contribution in [1.29, 1.82) is 0 Å². The molecule has 1 saturated carbocycles. The minimum atomic E-state index is -1.06. The maximum Gasteiger partial charge on any atom is 0.140 e. The van der Waals surface area contributed by atoms with Crippen molar-refractivity contribution in [2.45, 2.75) is 41.6 Å². The molecule has 6 heteroatoms. The number of benzene rings is 1. The fourth-order valence-corrected chi connectivity index (χ4v) is 5.19. The van der Waals surface area contributed by atoms with Crippen molar-refractivity contribution in [2.75, 3.05) is 0 Å². The summed E-state index contributed by atoms with van der Waals surface area (Å²) in [6, 6.07) is 6.10. The van der Waals surface area contributed by atoms with Crippen LogP contribution in [0.15, 0.2) is 28.5 Å². The van der Waals surface area contributed by atoms with Gasteiger partial charge < -0.3 is 0 Å². The number of hydrogen-bond acceptors (Lipinski definition) is 4. The van der Waals surface area contributed by atoms with Crippen LogP contribution in [0.2, 0.25) is 0 Å². The van der Waals surface area contributed by atoms with Crippen LogP contribution in [0.3, 0.4) is 0 Å². The number of rotatable bonds is 3. The van der Waals surface area contributed by atoms with Gasteiger partial charge in [-0.3, -0.25) is 4.21 Å². The lowest BCUT2D eigenvalue weighted by atomic mass is 10.0. The number of hydrogen-bond donors (Lipinski definition) is 0. The Morgan fingerprint density at radius 3 is 2.55 bits per heavy atom. The van der Waals surface area contributed by atoms with Gasteiger partial charge in [0.25, 0.3) is 0 Å². The maximum atomic E-state index is 13.0. The zero-order valence-corrected chi connectivity index (χ0v) is 12.6. The molecule has 106 valence electrons. The molecule has 0 saturated heterocycles. The van der Waals surface area contributed by atoms with Crippen molar-refractivity contribution >= 4 is 22.3 Å². The van der Waals surface area contributed by atoms with E-state index in [1.165, 1.54) is 30.1 Å². The average Bonchev–Trinajstić information content (AvgIpc) is 2.97. The van der Waals surface area contributed by atoms with Gasteiger partial charge in [-0.25, -0.2) is 4.39 Å². The number of halogens is 1. The molecule has 3 rings (SSSR count). The highest BCUT2D eigenvalue weighted by Crippen LogP contribution is 2.32. The largest absolute Gasteiger partial charge is 0.253 e. The third-order valence-electron chi connectivity index (χ3n) is 3.61. The molecule has 1 aliphatic rings. The smallest absolute Gasteiger partial charge is 0.140 e. The van der Waals surface area contributed by atoms with E-state index in [-0.39, 0.29) is 11.1 Å². The van der Waals surface area contributed by atoms with Gasteiger partial charge in [0.2, 0.25) is 0 Å². The Hall–Kier alpha value is -1.14. The molecule has 0 N–H and O–H groups in total. The Bertz CT molecular complexity index is 606. The molecule has 1 atom stereocenters. The van der Waals surface area contributed by atoms with Crippen molar-refractivity contribution in [3.8, 4) is 11.3 Å². The summed E-state index contributed by atoms with van der Waals surface area (Å²) in [4.78, 5) is 0. The molecule has 0 amide bonds. The van der Waals surface area contributed by atoms with Crippen LogP contribution in [-0.2, 0) is 10.8 Å². The summed E-state index contributed by atoms with van der Waals surface area (Å²) < 4.78 is 30.3. The third kappa shape index (κ3) is 2.81. The second-order valence-corrected chi connectivity index (χ2v) is 7.66. The maximum absolute atomic E-state index is 13.0. The molecule has 0 spiro atoms. The standard InChI is InChI=1S/C14H15FN2OS2/c15-11-8-6-10(7-9-11)13-14(19-17-16-13)20(18)12-4-2-1-3-5-12/h6-9,12H,1-5H2/t20-/m1/s1. The highest BCUT2D eigenvalue weighted by molar-refractivity contribution is 7.88. The molecular formula is C14H15FN2OS2. The predicted octanol–water partition coefficient (Wildman–Crippen LogP) is 3.78. The monoisotopic (exact) mass is 310 g/mol. The van der Waals surface area contributed by atoms with Crippen molar-refractivity contribution < 1.29 is 8.60 Å². The van der Waals surface area contributed by atoms with Gasteiger partial charge in [-0.15, -0.1) is 5.10 Å². The van der Waals surface area contributed by atoms with Crippen LogP contribution < -0.4 is 0 Å². The highest BCUT2D eigenvalue weighted by atomic mass is 32.2. The quantitative estimate of drug-likeness (QED) is 0.866. The average molecular weight is 310 g/mol. The first-order valence-electron chi connectivity index (χ1n) is 6.74. The number of nitrogens with zero attached hydrogens (tertiary/aromatic N) is 2. The zero-order chi connectivity index (χ0) is 13.9. The minimum absolute atomic E-state index is 0.213. The molecule has 1 aliphatic carbocycles. The molecule has 1 aromatic heterocycles. The second kappa shape index (κ2) is 6.10. The Balaban J connectivity index is 1.89. The molecule has 2 aromatic rings. The van der Waals surface area contributed by atoms with Crippen LogP contribution >= 0.6 is 11.5 Å². The fourth-order valence-electron chi connectivity index (χ4n) is 2.53. The predicted molar refractivity (Wildman–Crippen MR) is 78.6 cm³/mol. The van der Waals surface area contributed by atoms with Crippen molar-refractivity contribution in [2.24, 2.45) is 0 Å². The summed E-state index contributed by atoms with van der Waals surface area (Å²) in [6.45, 7) is 0. The van der Waals surface area contributed by atoms with Crippen LogP contribution in [0.25, 0.3) is 11.3 Å². The van der Waals surface area contributed by atoms with Crippen molar-refractivity contribution in [3.63, 3.8) is 0 Å². The van der Waals surface area contributed by atoms with Gasteiger partial charge in [-0.05, 0) is 48.6 Å². The SMILES string of the molecule is O=[S@@](c1snnc1-c1ccc(F)cc1)C1CCCCC1. The van der Waals surface area contributed by atoms with E-state index in [2.05, 4.69) is 9.59 Å². The molecule has 0 radical (unpaired) electrons. The summed E-state index contributed by atoms with van der Waals surface area (Å²) in [6.07, 6.45) is 5.54. The third-order valence-corrected chi connectivity index (χ3v) is 6.49. The van der Waals surface area contributed by atoms with E-state index < -0.39 is 10.8 Å². The second-order valence-electron chi connectivity index (χ2n) is 4.97. The molecule has 1 heterocycles. The van der Waals surface area contributed by atoms with Gasteiger partial charge in [-0.1, -0.05) is 23.8 Å². The van der Waals surface area contributed by atoms with E-state index in [1.54, 1.807) is 12.1 Å².